The third-order valence-corrected chi connectivity index (χ3v) is 6.95. The molecule has 2 aliphatic heterocycles. The molecule has 1 aromatic carbocycles. The van der Waals surface area contributed by atoms with Gasteiger partial charge >= 0.3 is 6.18 Å². The smallest absolute Gasteiger partial charge is 0.397 e. The third kappa shape index (κ3) is 7.83. The molecule has 1 N–H and O–H groups in total. The Balaban J connectivity index is 1.92. The number of hydrogen-bond donors (Lipinski definition) is 1. The number of amides is 3. The van der Waals surface area contributed by atoms with E-state index in [0.717, 1.165) is 0 Å². The summed E-state index contributed by atoms with van der Waals surface area (Å²) in [4.78, 5) is 41.9. The highest BCUT2D eigenvalue weighted by atomic mass is 19.4. The zero-order chi connectivity index (χ0) is 28.0. The first-order valence-corrected chi connectivity index (χ1v) is 12.7. The van der Waals surface area contributed by atoms with Crippen molar-refractivity contribution in [3.63, 3.8) is 0 Å². The molecule has 0 unspecified atom stereocenters. The molecule has 0 radical (unpaired) electrons. The van der Waals surface area contributed by atoms with Gasteiger partial charge in [-0.25, -0.2) is 0 Å². The number of methoxy groups -OCH3 is 1. The van der Waals surface area contributed by atoms with Crippen LogP contribution in [-0.4, -0.2) is 92.9 Å². The fourth-order valence-electron chi connectivity index (χ4n) is 4.72. The van der Waals surface area contributed by atoms with E-state index in [2.05, 4.69) is 5.32 Å². The fourth-order valence-corrected chi connectivity index (χ4v) is 4.72. The molecule has 212 valence electrons. The number of alkyl halides is 3. The second-order valence-electron chi connectivity index (χ2n) is 10.0. The predicted octanol–water partition coefficient (Wildman–Crippen LogP) is 3.34. The Morgan fingerprint density at radius 3 is 2.47 bits per heavy atom. The maximum absolute atomic E-state index is 13.5. The van der Waals surface area contributed by atoms with Crippen LogP contribution in [0.5, 0.6) is 5.75 Å². The number of anilines is 1. The second kappa shape index (κ2) is 12.8. The largest absolute Gasteiger partial charge is 0.491 e. The van der Waals surface area contributed by atoms with Gasteiger partial charge in [-0.15, -0.1) is 0 Å². The highest BCUT2D eigenvalue weighted by Gasteiger charge is 2.34. The minimum atomic E-state index is -4.65. The molecule has 3 amide bonds. The quantitative estimate of drug-likeness (QED) is 0.626. The highest BCUT2D eigenvalue weighted by Crippen LogP contribution is 2.29. The number of halogens is 3. The van der Waals surface area contributed by atoms with Gasteiger partial charge in [0.2, 0.25) is 11.8 Å². The maximum Gasteiger partial charge on any atom is 0.397 e. The molecule has 12 heteroatoms. The van der Waals surface area contributed by atoms with Gasteiger partial charge in [0.05, 0.1) is 17.7 Å². The van der Waals surface area contributed by atoms with Crippen LogP contribution in [0.4, 0.5) is 18.9 Å². The van der Waals surface area contributed by atoms with Gasteiger partial charge in [-0.2, -0.15) is 13.2 Å². The first-order valence-electron chi connectivity index (χ1n) is 12.7. The van der Waals surface area contributed by atoms with E-state index >= 15 is 0 Å². The van der Waals surface area contributed by atoms with Crippen molar-refractivity contribution < 1.29 is 41.8 Å². The number of likely N-dealkylation sites (N-methyl/N-ethyl adjacent to an activating group) is 1. The van der Waals surface area contributed by atoms with Crippen LogP contribution >= 0.6 is 0 Å². The number of nitrogens with one attached hydrogen (secondary N) is 1. The summed E-state index contributed by atoms with van der Waals surface area (Å²) in [5, 5.41) is 2.20. The lowest BCUT2D eigenvalue weighted by Crippen LogP contribution is -2.50. The molecule has 2 heterocycles. The molecule has 2 aliphatic rings. The average molecular weight is 544 g/mol. The van der Waals surface area contributed by atoms with E-state index in [1.165, 1.54) is 23.1 Å². The van der Waals surface area contributed by atoms with Crippen molar-refractivity contribution in [1.29, 1.82) is 0 Å². The standard InChI is InChI=1S/C26H36F3N3O6/c1-16-13-32(24(34)18-7-9-37-10-8-18)17(2)15-38-21-11-19(30-23(33)12-26(27,28)29)5-6-20(21)25(35)31(3)14-22(16)36-4/h5-6,11,16-18,22H,7-10,12-15H2,1-4H3,(H,30,33)/t16-,17+,22+/m0/s1. The van der Waals surface area contributed by atoms with Crippen molar-refractivity contribution in [2.45, 2.75) is 51.4 Å². The molecule has 1 aromatic rings. The number of ether oxygens (including phenoxy) is 3. The molecular weight excluding hydrogens is 507 g/mol. The molecular formula is C26H36F3N3O6. The summed E-state index contributed by atoms with van der Waals surface area (Å²) in [6.07, 6.45) is -5.38. The Kier molecular flexibility index (Phi) is 10.00. The number of carbonyl (C=O) groups excluding carboxylic acids is 3. The van der Waals surface area contributed by atoms with Crippen molar-refractivity contribution in [2.24, 2.45) is 11.8 Å². The number of rotatable bonds is 4. The maximum atomic E-state index is 13.5. The van der Waals surface area contributed by atoms with Crippen LogP contribution in [0.1, 0.15) is 43.5 Å². The number of benzene rings is 1. The molecule has 3 rings (SSSR count). The Labute approximate surface area is 220 Å². The highest BCUT2D eigenvalue weighted by molar-refractivity contribution is 5.98. The summed E-state index contributed by atoms with van der Waals surface area (Å²) in [5.74, 6) is -1.76. The molecule has 38 heavy (non-hydrogen) atoms. The van der Waals surface area contributed by atoms with Crippen LogP contribution in [0.2, 0.25) is 0 Å². The van der Waals surface area contributed by atoms with Crippen molar-refractivity contribution in [3.8, 4) is 5.75 Å². The van der Waals surface area contributed by atoms with Crippen LogP contribution in [0.15, 0.2) is 18.2 Å². The Morgan fingerprint density at radius 2 is 1.84 bits per heavy atom. The molecule has 0 bridgehead atoms. The number of carbonyl (C=O) groups is 3. The first-order chi connectivity index (χ1) is 17.9. The van der Waals surface area contributed by atoms with Gasteiger partial charge in [0.25, 0.3) is 5.91 Å². The monoisotopic (exact) mass is 543 g/mol. The van der Waals surface area contributed by atoms with Gasteiger partial charge in [-0.1, -0.05) is 6.92 Å². The molecule has 1 saturated heterocycles. The summed E-state index contributed by atoms with van der Waals surface area (Å²) in [7, 11) is 3.18. The van der Waals surface area contributed by atoms with E-state index < -0.39 is 18.5 Å². The summed E-state index contributed by atoms with van der Waals surface area (Å²) in [6.45, 7) is 5.53. The third-order valence-electron chi connectivity index (χ3n) is 6.95. The van der Waals surface area contributed by atoms with Gasteiger partial charge in [-0.3, -0.25) is 14.4 Å². The van der Waals surface area contributed by atoms with Crippen molar-refractivity contribution in [1.82, 2.24) is 9.80 Å². The minimum absolute atomic E-state index is 0.000909. The van der Waals surface area contributed by atoms with E-state index in [0.29, 0.717) is 32.6 Å². The van der Waals surface area contributed by atoms with Crippen LogP contribution in [0, 0.1) is 11.8 Å². The van der Waals surface area contributed by atoms with Crippen LogP contribution < -0.4 is 10.1 Å². The van der Waals surface area contributed by atoms with Crippen LogP contribution in [0.3, 0.4) is 0 Å². The summed E-state index contributed by atoms with van der Waals surface area (Å²) in [5.41, 5.74) is 0.241. The van der Waals surface area contributed by atoms with Crippen molar-refractivity contribution >= 4 is 23.4 Å². The van der Waals surface area contributed by atoms with Gasteiger partial charge < -0.3 is 29.3 Å². The lowest BCUT2D eigenvalue weighted by atomic mass is 9.95. The zero-order valence-electron chi connectivity index (χ0n) is 22.2. The molecule has 0 saturated carbocycles. The SMILES string of the molecule is CO[C@@H]1CN(C)C(=O)c2ccc(NC(=O)CC(F)(F)F)cc2OC[C@@H](C)N(C(=O)C2CCOCC2)C[C@@H]1C. The lowest BCUT2D eigenvalue weighted by Gasteiger charge is -2.38. The second-order valence-corrected chi connectivity index (χ2v) is 10.0. The van der Waals surface area contributed by atoms with Crippen molar-refractivity contribution in [2.75, 3.05) is 52.4 Å². The molecule has 0 aromatic heterocycles. The van der Waals surface area contributed by atoms with Gasteiger partial charge in [0.1, 0.15) is 18.8 Å². The molecule has 0 spiro atoms. The van der Waals surface area contributed by atoms with Gasteiger partial charge in [0, 0.05) is 64.1 Å². The van der Waals surface area contributed by atoms with Gasteiger partial charge in [-0.05, 0) is 31.9 Å². The van der Waals surface area contributed by atoms with E-state index in [1.54, 1.807) is 19.1 Å². The number of fused-ring (bicyclic) bond motifs is 1. The number of nitrogens with zero attached hydrogens (tertiary/aromatic N) is 2. The average Bonchev–Trinajstić information content (AvgIpc) is 2.86. The Hall–Kier alpha value is -2.86. The topological polar surface area (TPSA) is 97.4 Å². The fraction of sp³-hybridized carbons (Fsp3) is 0.654. The lowest BCUT2D eigenvalue weighted by molar-refractivity contribution is -0.150. The van der Waals surface area contributed by atoms with E-state index in [4.69, 9.17) is 14.2 Å². The first kappa shape index (κ1) is 29.7. The zero-order valence-corrected chi connectivity index (χ0v) is 22.2. The Morgan fingerprint density at radius 1 is 1.16 bits per heavy atom. The predicted molar refractivity (Wildman–Crippen MR) is 133 cm³/mol. The van der Waals surface area contributed by atoms with Crippen molar-refractivity contribution in [3.05, 3.63) is 23.8 Å². The molecule has 1 fully saturated rings. The number of hydrogen-bond acceptors (Lipinski definition) is 6. The summed E-state index contributed by atoms with van der Waals surface area (Å²) < 4.78 is 55.0. The normalized spacial score (nSPS) is 24.1. The van der Waals surface area contributed by atoms with E-state index in [-0.39, 0.29) is 65.9 Å². The summed E-state index contributed by atoms with van der Waals surface area (Å²) >= 11 is 0. The minimum Gasteiger partial charge on any atom is -0.491 e. The molecule has 9 nitrogen and oxygen atoms in total. The van der Waals surface area contributed by atoms with Crippen LogP contribution in [-0.2, 0) is 19.1 Å². The van der Waals surface area contributed by atoms with Gasteiger partial charge in [0.15, 0.2) is 0 Å². The molecule has 3 atom stereocenters. The van der Waals surface area contributed by atoms with Crippen LogP contribution in [0.25, 0.3) is 0 Å². The van der Waals surface area contributed by atoms with E-state index in [1.807, 2.05) is 13.8 Å². The molecule has 0 aliphatic carbocycles. The Bertz CT molecular complexity index is 999. The summed E-state index contributed by atoms with van der Waals surface area (Å²) in [6, 6.07) is 3.71. The van der Waals surface area contributed by atoms with E-state index in [9.17, 15) is 27.6 Å².